The first-order valence-electron chi connectivity index (χ1n) is 13.0. The third-order valence-electron chi connectivity index (χ3n) is 6.05. The molecule has 0 bridgehead atoms. The predicted octanol–water partition coefficient (Wildman–Crippen LogP) is 1.39. The fourth-order valence-electron chi connectivity index (χ4n) is 4.25. The van der Waals surface area contributed by atoms with Crippen molar-refractivity contribution in [3.05, 3.63) is 64.6 Å². The molecule has 0 aromatic heterocycles. The van der Waals surface area contributed by atoms with Crippen molar-refractivity contribution >= 4 is 23.6 Å². The molecule has 1 N–H and O–H groups in total. The van der Waals surface area contributed by atoms with Gasteiger partial charge in [0.25, 0.3) is 5.91 Å². The molecule has 34 heavy (non-hydrogen) atoms. The van der Waals surface area contributed by atoms with E-state index in [9.17, 15) is 19.2 Å². The number of hydrogen-bond acceptors (Lipinski definition) is 6. The van der Waals surface area contributed by atoms with Crippen LogP contribution in [-0.2, 0) is 38.8 Å². The second-order valence-electron chi connectivity index (χ2n) is 8.26. The smallest absolute Gasteiger partial charge is 0.255 e. The summed E-state index contributed by atoms with van der Waals surface area (Å²) in [5.74, 6) is -1.36. The fraction of sp³-hybridized carbons (Fsp3) is 0.360. The van der Waals surface area contributed by atoms with Crippen LogP contribution in [0.2, 0.25) is 0 Å². The van der Waals surface area contributed by atoms with Gasteiger partial charge in [0.1, 0.15) is 25.0 Å². The van der Waals surface area contributed by atoms with E-state index in [4.69, 9.17) is 15.0 Å². The Morgan fingerprint density at radius 3 is 2.82 bits per heavy atom. The number of nitrogens with zero attached hydrogens (tertiary/aromatic N) is 2. The third kappa shape index (κ3) is 4.38. The van der Waals surface area contributed by atoms with Crippen LogP contribution in [0.4, 0.5) is 0 Å². The molecule has 0 radical (unpaired) electrons. The third-order valence-corrected chi connectivity index (χ3v) is 6.05. The van der Waals surface area contributed by atoms with E-state index in [1.54, 1.807) is 18.2 Å². The Balaban J connectivity index is 1.37. The van der Waals surface area contributed by atoms with E-state index < -0.39 is 18.5 Å². The normalized spacial score (nSPS) is 23.0. The Kier molecular flexibility index (Phi) is 4.83. The molecular weight excluding hydrogens is 438 g/mol. The van der Waals surface area contributed by atoms with Crippen molar-refractivity contribution in [2.24, 2.45) is 0 Å². The lowest BCUT2D eigenvalue weighted by molar-refractivity contribution is -0.143. The number of rotatable bonds is 6. The molecule has 3 aliphatic heterocycles. The van der Waals surface area contributed by atoms with Gasteiger partial charge in [0.15, 0.2) is 0 Å². The van der Waals surface area contributed by atoms with Crippen molar-refractivity contribution < 1.29 is 34.1 Å². The van der Waals surface area contributed by atoms with Crippen LogP contribution in [-0.4, -0.2) is 59.2 Å². The molecule has 2 unspecified atom stereocenters. The summed E-state index contributed by atoms with van der Waals surface area (Å²) in [5.41, 5.74) is 0.975. The molecule has 3 heterocycles. The lowest BCUT2D eigenvalue weighted by atomic mass is 10.0. The lowest BCUT2D eigenvalue weighted by Crippen LogP contribution is -2.52. The Morgan fingerprint density at radius 2 is 2.00 bits per heavy atom. The summed E-state index contributed by atoms with van der Waals surface area (Å²) < 4.78 is 44.8. The van der Waals surface area contributed by atoms with Crippen molar-refractivity contribution in [2.75, 3.05) is 19.8 Å². The molecule has 9 nitrogen and oxygen atoms in total. The van der Waals surface area contributed by atoms with Gasteiger partial charge in [-0.3, -0.25) is 24.5 Å². The first-order chi connectivity index (χ1) is 18.2. The van der Waals surface area contributed by atoms with E-state index in [1.807, 2.05) is 0 Å². The van der Waals surface area contributed by atoms with Crippen LogP contribution < -0.4 is 10.1 Å². The number of carbonyl (C=O) groups is 4. The number of fused-ring (bicyclic) bond motifs is 1. The number of hydrogen-bond donors (Lipinski definition) is 1. The molecule has 5 rings (SSSR count). The summed E-state index contributed by atoms with van der Waals surface area (Å²) in [6.07, 6.45) is 0.332. The molecule has 0 aliphatic carbocycles. The molecule has 3 aliphatic rings. The van der Waals surface area contributed by atoms with Crippen molar-refractivity contribution in [1.29, 1.82) is 0 Å². The van der Waals surface area contributed by atoms with Gasteiger partial charge in [-0.15, -0.1) is 0 Å². The van der Waals surface area contributed by atoms with E-state index in [1.165, 1.54) is 15.9 Å². The van der Waals surface area contributed by atoms with Gasteiger partial charge < -0.3 is 19.3 Å². The highest BCUT2D eigenvalue weighted by molar-refractivity contribution is 6.05. The number of piperidine rings is 1. The van der Waals surface area contributed by atoms with Gasteiger partial charge in [0, 0.05) is 30.6 Å². The predicted molar refractivity (Wildman–Crippen MR) is 119 cm³/mol. The van der Waals surface area contributed by atoms with E-state index in [-0.39, 0.29) is 79.7 Å². The number of imide groups is 1. The number of amides is 4. The van der Waals surface area contributed by atoms with Crippen molar-refractivity contribution in [3.8, 4) is 5.75 Å². The highest BCUT2D eigenvalue weighted by Crippen LogP contribution is 2.34. The van der Waals surface area contributed by atoms with E-state index in [2.05, 4.69) is 5.32 Å². The van der Waals surface area contributed by atoms with Crippen molar-refractivity contribution in [1.82, 2.24) is 15.1 Å². The van der Waals surface area contributed by atoms with Gasteiger partial charge in [0.2, 0.25) is 17.7 Å². The number of morpholine rings is 1. The Morgan fingerprint density at radius 1 is 1.15 bits per heavy atom. The second kappa shape index (κ2) is 9.26. The summed E-state index contributed by atoms with van der Waals surface area (Å²) in [6.45, 7) is -0.775. The Labute approximate surface area is 202 Å². The van der Waals surface area contributed by atoms with Crippen LogP contribution in [0.3, 0.4) is 0 Å². The minimum atomic E-state index is -1.54. The van der Waals surface area contributed by atoms with E-state index >= 15 is 0 Å². The largest absolute Gasteiger partial charge is 0.489 e. The first kappa shape index (κ1) is 17.7. The zero-order valence-electron chi connectivity index (χ0n) is 22.3. The maximum Gasteiger partial charge on any atom is 0.255 e. The molecule has 9 heteroatoms. The monoisotopic (exact) mass is 467 g/mol. The maximum absolute atomic E-state index is 13.0. The fourth-order valence-corrected chi connectivity index (χ4v) is 4.25. The molecule has 0 saturated carbocycles. The molecule has 176 valence electrons. The highest BCUT2D eigenvalue weighted by Gasteiger charge is 2.40. The number of carbonyl (C=O) groups excluding carboxylic acids is 4. The van der Waals surface area contributed by atoms with Crippen LogP contribution in [0, 0.1) is 0 Å². The summed E-state index contributed by atoms with van der Waals surface area (Å²) in [4.78, 5) is 51.8. The van der Waals surface area contributed by atoms with E-state index in [0.29, 0.717) is 29.8 Å². The zero-order valence-corrected chi connectivity index (χ0v) is 18.3. The molecular formula is C25H25N3O6. The quantitative estimate of drug-likeness (QED) is 0.644. The topological polar surface area (TPSA) is 105 Å². The van der Waals surface area contributed by atoms with Gasteiger partial charge in [-0.1, -0.05) is 30.3 Å². The summed E-state index contributed by atoms with van der Waals surface area (Å²) in [6, 6.07) is 4.58. The van der Waals surface area contributed by atoms with Gasteiger partial charge >= 0.3 is 0 Å². The zero-order chi connectivity index (χ0) is 27.1. The molecule has 2 atom stereocenters. The first-order valence-corrected chi connectivity index (χ1v) is 11.0. The summed E-state index contributed by atoms with van der Waals surface area (Å²) in [5, 5.41) is 2.25. The van der Waals surface area contributed by atoms with Crippen LogP contribution in [0.5, 0.6) is 5.75 Å². The molecule has 4 amide bonds. The lowest BCUT2D eigenvalue weighted by Gasteiger charge is -2.29. The second-order valence-corrected chi connectivity index (χ2v) is 8.26. The Hall–Kier alpha value is -3.72. The van der Waals surface area contributed by atoms with Crippen LogP contribution in [0.1, 0.15) is 45.4 Å². The standard InChI is InChI=1S/C25H25N3O6/c29-22-9-8-20(24(31)26-22)28-13-19-18(25(28)32)2-1-3-21(19)34-14-17-6-4-16(5-7-17)12-27-10-11-33-15-23(27)30/h1-7,20H,8-15H2,(H,26,29,31)/i4D,6D,7D,14D. The van der Waals surface area contributed by atoms with Gasteiger partial charge in [-0.05, 0) is 29.7 Å². The number of benzene rings is 2. The summed E-state index contributed by atoms with van der Waals surface area (Å²) >= 11 is 0. The average Bonchev–Trinajstić information content (AvgIpc) is 3.21. The van der Waals surface area contributed by atoms with Crippen molar-refractivity contribution in [3.63, 3.8) is 0 Å². The van der Waals surface area contributed by atoms with Crippen LogP contribution in [0.15, 0.2) is 42.4 Å². The van der Waals surface area contributed by atoms with Gasteiger partial charge in [-0.2, -0.15) is 0 Å². The van der Waals surface area contributed by atoms with Crippen LogP contribution >= 0.6 is 0 Å². The van der Waals surface area contributed by atoms with Crippen LogP contribution in [0.25, 0.3) is 0 Å². The SMILES string of the molecule is [2H]c1cc(CN2CCOCC2=O)c([2H])c([2H])c1C([2H])Oc1cccc2c1CN(C1CCC(=O)NC1=O)C2=O. The molecule has 2 aromatic carbocycles. The molecule has 2 fully saturated rings. The molecule has 2 saturated heterocycles. The van der Waals surface area contributed by atoms with Crippen molar-refractivity contribution in [2.45, 2.75) is 38.6 Å². The van der Waals surface area contributed by atoms with E-state index in [0.717, 1.165) is 0 Å². The minimum absolute atomic E-state index is 0.0427. The average molecular weight is 468 g/mol. The number of ether oxygens (including phenoxy) is 2. The summed E-state index contributed by atoms with van der Waals surface area (Å²) in [7, 11) is 0. The maximum atomic E-state index is 13.0. The van der Waals surface area contributed by atoms with Gasteiger partial charge in [0.05, 0.1) is 18.6 Å². The molecule has 0 spiro atoms. The number of nitrogens with one attached hydrogen (secondary N) is 1. The van der Waals surface area contributed by atoms with Gasteiger partial charge in [-0.25, -0.2) is 0 Å². The molecule has 2 aromatic rings. The Bertz CT molecular complexity index is 1350. The minimum Gasteiger partial charge on any atom is -0.489 e. The highest BCUT2D eigenvalue weighted by atomic mass is 16.5.